The molecule has 1 heterocycles. The second-order valence-corrected chi connectivity index (χ2v) is 3.66. The molecule has 0 radical (unpaired) electrons. The average molecular weight is 185 g/mol. The van der Waals surface area contributed by atoms with E-state index in [2.05, 4.69) is 17.2 Å². The molecule has 0 aromatic heterocycles. The maximum absolute atomic E-state index is 5.70. The third-order valence-corrected chi connectivity index (χ3v) is 2.35. The fourth-order valence-electron chi connectivity index (χ4n) is 1.47. The van der Waals surface area contributed by atoms with Crippen molar-refractivity contribution in [3.05, 3.63) is 0 Å². The molecule has 13 heavy (non-hydrogen) atoms. The Hall–Kier alpha value is -0.770. The fraction of sp³-hybridized carbons (Fsp3) is 0.889. The summed E-state index contributed by atoms with van der Waals surface area (Å²) >= 11 is 0. The first-order valence-electron chi connectivity index (χ1n) is 4.82. The molecule has 0 amide bonds. The first-order valence-corrected chi connectivity index (χ1v) is 4.82. The van der Waals surface area contributed by atoms with Crippen molar-refractivity contribution in [3.63, 3.8) is 0 Å². The molecule has 1 aliphatic heterocycles. The van der Waals surface area contributed by atoms with Crippen LogP contribution in [0.25, 0.3) is 0 Å². The Morgan fingerprint density at radius 3 is 2.69 bits per heavy atom. The predicted octanol–water partition coefficient (Wildman–Crippen LogP) is 0.480. The van der Waals surface area contributed by atoms with Crippen LogP contribution in [-0.2, 0) is 4.74 Å². The van der Waals surface area contributed by atoms with Gasteiger partial charge in [0, 0.05) is 25.3 Å². The highest BCUT2D eigenvalue weighted by atomic mass is 16.5. The van der Waals surface area contributed by atoms with Gasteiger partial charge in [0.15, 0.2) is 5.96 Å². The van der Waals surface area contributed by atoms with Gasteiger partial charge in [0.25, 0.3) is 0 Å². The minimum absolute atomic E-state index is 0.0704. The minimum atomic E-state index is 0.0704. The van der Waals surface area contributed by atoms with E-state index in [-0.39, 0.29) is 5.54 Å². The molecule has 0 unspecified atom stereocenters. The number of nitrogens with one attached hydrogen (secondary N) is 1. The Morgan fingerprint density at radius 2 is 2.15 bits per heavy atom. The van der Waals surface area contributed by atoms with E-state index in [1.165, 1.54) is 0 Å². The Balaban J connectivity index is 2.45. The van der Waals surface area contributed by atoms with Crippen molar-refractivity contribution < 1.29 is 4.74 Å². The first-order chi connectivity index (χ1) is 6.16. The highest BCUT2D eigenvalue weighted by Gasteiger charge is 2.27. The van der Waals surface area contributed by atoms with E-state index in [1.54, 1.807) is 0 Å². The lowest BCUT2D eigenvalue weighted by Crippen LogP contribution is -2.52. The van der Waals surface area contributed by atoms with Crippen LogP contribution in [0.15, 0.2) is 4.99 Å². The van der Waals surface area contributed by atoms with Crippen LogP contribution in [0.5, 0.6) is 0 Å². The second-order valence-electron chi connectivity index (χ2n) is 3.66. The molecule has 0 spiro atoms. The molecule has 0 aliphatic carbocycles. The summed E-state index contributed by atoms with van der Waals surface area (Å²) in [4.78, 5) is 4.11. The summed E-state index contributed by atoms with van der Waals surface area (Å²) in [5.41, 5.74) is 5.77. The topological polar surface area (TPSA) is 59.6 Å². The van der Waals surface area contributed by atoms with Crippen LogP contribution in [0.4, 0.5) is 0 Å². The van der Waals surface area contributed by atoms with Gasteiger partial charge in [-0.1, -0.05) is 0 Å². The molecule has 0 aromatic carbocycles. The molecule has 76 valence electrons. The number of ether oxygens (including phenoxy) is 1. The molecule has 4 heteroatoms. The normalized spacial score (nSPS) is 22.8. The van der Waals surface area contributed by atoms with Crippen LogP contribution in [0.3, 0.4) is 0 Å². The van der Waals surface area contributed by atoms with E-state index in [0.29, 0.717) is 5.96 Å². The van der Waals surface area contributed by atoms with Gasteiger partial charge in [-0.3, -0.25) is 4.99 Å². The smallest absolute Gasteiger partial charge is 0.188 e. The molecule has 3 N–H and O–H groups in total. The number of aliphatic imine (C=N–C) groups is 1. The maximum atomic E-state index is 5.70. The van der Waals surface area contributed by atoms with Crippen molar-refractivity contribution in [2.75, 3.05) is 19.8 Å². The van der Waals surface area contributed by atoms with E-state index in [1.807, 2.05) is 6.92 Å². The minimum Gasteiger partial charge on any atom is -0.381 e. The average Bonchev–Trinajstić information content (AvgIpc) is 2.04. The largest absolute Gasteiger partial charge is 0.381 e. The third kappa shape index (κ3) is 3.22. The van der Waals surface area contributed by atoms with Crippen molar-refractivity contribution >= 4 is 5.96 Å². The first kappa shape index (κ1) is 10.3. The summed E-state index contributed by atoms with van der Waals surface area (Å²) in [5.74, 6) is 0.548. The lowest BCUT2D eigenvalue weighted by Gasteiger charge is -2.34. The van der Waals surface area contributed by atoms with E-state index >= 15 is 0 Å². The lowest BCUT2D eigenvalue weighted by atomic mass is 9.93. The number of hydrogen-bond donors (Lipinski definition) is 2. The van der Waals surface area contributed by atoms with Gasteiger partial charge >= 0.3 is 0 Å². The van der Waals surface area contributed by atoms with Crippen LogP contribution in [0.1, 0.15) is 26.7 Å². The van der Waals surface area contributed by atoms with E-state index in [0.717, 1.165) is 32.6 Å². The molecular formula is C9H19N3O. The maximum Gasteiger partial charge on any atom is 0.188 e. The van der Waals surface area contributed by atoms with Crippen LogP contribution >= 0.6 is 0 Å². The Bertz CT molecular complexity index is 185. The monoisotopic (exact) mass is 185 g/mol. The van der Waals surface area contributed by atoms with Crippen molar-refractivity contribution in [2.24, 2.45) is 10.7 Å². The summed E-state index contributed by atoms with van der Waals surface area (Å²) < 4.78 is 5.29. The van der Waals surface area contributed by atoms with Gasteiger partial charge in [0.2, 0.25) is 0 Å². The highest BCUT2D eigenvalue weighted by Crippen LogP contribution is 2.18. The van der Waals surface area contributed by atoms with E-state index in [4.69, 9.17) is 10.5 Å². The zero-order valence-corrected chi connectivity index (χ0v) is 8.47. The summed E-state index contributed by atoms with van der Waals surface area (Å²) in [6.45, 7) is 6.48. The summed E-state index contributed by atoms with van der Waals surface area (Å²) in [6.07, 6.45) is 1.99. The predicted molar refractivity (Wildman–Crippen MR) is 53.8 cm³/mol. The quantitative estimate of drug-likeness (QED) is 0.486. The SMILES string of the molecule is CCN=C(N)NC1(C)CCOCC1. The van der Waals surface area contributed by atoms with Crippen molar-refractivity contribution in [3.8, 4) is 0 Å². The van der Waals surface area contributed by atoms with Gasteiger partial charge in [-0.2, -0.15) is 0 Å². The van der Waals surface area contributed by atoms with Crippen LogP contribution in [0, 0.1) is 0 Å². The second kappa shape index (κ2) is 4.46. The number of rotatable bonds is 2. The molecule has 1 saturated heterocycles. The standard InChI is InChI=1S/C9H19N3O/c1-3-11-8(10)12-9(2)4-6-13-7-5-9/h3-7H2,1-2H3,(H3,10,11,12). The summed E-state index contributed by atoms with van der Waals surface area (Å²) in [6, 6.07) is 0. The number of nitrogens with two attached hydrogens (primary N) is 1. The van der Waals surface area contributed by atoms with Crippen LogP contribution in [0.2, 0.25) is 0 Å². The Kier molecular flexibility index (Phi) is 3.54. The lowest BCUT2D eigenvalue weighted by molar-refractivity contribution is 0.0523. The van der Waals surface area contributed by atoms with E-state index in [9.17, 15) is 0 Å². The highest BCUT2D eigenvalue weighted by molar-refractivity contribution is 5.78. The molecule has 0 bridgehead atoms. The molecule has 4 nitrogen and oxygen atoms in total. The molecule has 1 rings (SSSR count). The number of nitrogens with zero attached hydrogens (tertiary/aromatic N) is 1. The van der Waals surface area contributed by atoms with Crippen LogP contribution < -0.4 is 11.1 Å². The molecular weight excluding hydrogens is 166 g/mol. The zero-order chi connectivity index (χ0) is 9.73. The van der Waals surface area contributed by atoms with Crippen molar-refractivity contribution in [1.82, 2.24) is 5.32 Å². The van der Waals surface area contributed by atoms with Gasteiger partial charge < -0.3 is 15.8 Å². The van der Waals surface area contributed by atoms with Gasteiger partial charge in [0.05, 0.1) is 0 Å². The van der Waals surface area contributed by atoms with Crippen molar-refractivity contribution in [2.45, 2.75) is 32.2 Å². The zero-order valence-electron chi connectivity index (χ0n) is 8.47. The van der Waals surface area contributed by atoms with Gasteiger partial charge in [0.1, 0.15) is 0 Å². The third-order valence-electron chi connectivity index (χ3n) is 2.35. The van der Waals surface area contributed by atoms with Gasteiger partial charge in [-0.25, -0.2) is 0 Å². The molecule has 0 atom stereocenters. The summed E-state index contributed by atoms with van der Waals surface area (Å²) in [5, 5.41) is 3.24. The Morgan fingerprint density at radius 1 is 1.54 bits per heavy atom. The number of guanidine groups is 1. The van der Waals surface area contributed by atoms with Gasteiger partial charge in [-0.05, 0) is 26.7 Å². The summed E-state index contributed by atoms with van der Waals surface area (Å²) in [7, 11) is 0. The van der Waals surface area contributed by atoms with Crippen LogP contribution in [-0.4, -0.2) is 31.3 Å². The molecule has 1 fully saturated rings. The Labute approximate surface area is 79.6 Å². The molecule has 0 saturated carbocycles. The van der Waals surface area contributed by atoms with E-state index < -0.39 is 0 Å². The molecule has 0 aromatic rings. The number of hydrogen-bond acceptors (Lipinski definition) is 2. The van der Waals surface area contributed by atoms with Gasteiger partial charge in [-0.15, -0.1) is 0 Å². The fourth-order valence-corrected chi connectivity index (χ4v) is 1.47. The van der Waals surface area contributed by atoms with Crippen molar-refractivity contribution in [1.29, 1.82) is 0 Å². The molecule has 1 aliphatic rings.